The number of methoxy groups -OCH3 is 1. The van der Waals surface area contributed by atoms with Crippen LogP contribution in [0.3, 0.4) is 0 Å². The summed E-state index contributed by atoms with van der Waals surface area (Å²) in [6.07, 6.45) is 3.78. The molecule has 1 aromatic carbocycles. The zero-order valence-corrected chi connectivity index (χ0v) is 16.4. The number of ether oxygens (including phenoxy) is 1. The first kappa shape index (κ1) is 18.2. The van der Waals surface area contributed by atoms with Gasteiger partial charge in [0.25, 0.3) is 5.91 Å². The van der Waals surface area contributed by atoms with Crippen LogP contribution < -0.4 is 4.74 Å². The summed E-state index contributed by atoms with van der Waals surface area (Å²) < 4.78 is 5.33. The van der Waals surface area contributed by atoms with Crippen molar-refractivity contribution in [1.82, 2.24) is 19.8 Å². The number of amides is 1. The second-order valence-corrected chi connectivity index (χ2v) is 7.71. The van der Waals surface area contributed by atoms with Gasteiger partial charge in [-0.2, -0.15) is 0 Å². The fourth-order valence-corrected chi connectivity index (χ4v) is 4.01. The molecular formula is C20H23ClN4O2. The van der Waals surface area contributed by atoms with E-state index in [4.69, 9.17) is 21.3 Å². The molecule has 0 aliphatic carbocycles. The van der Waals surface area contributed by atoms with E-state index in [1.165, 1.54) is 5.56 Å². The first-order chi connectivity index (χ1) is 13.0. The Morgan fingerprint density at radius 3 is 3.00 bits per heavy atom. The average Bonchev–Trinajstić information content (AvgIpc) is 3.17. The van der Waals surface area contributed by atoms with E-state index in [0.717, 1.165) is 37.4 Å². The molecule has 2 aromatic rings. The van der Waals surface area contributed by atoms with E-state index >= 15 is 0 Å². The van der Waals surface area contributed by atoms with Crippen LogP contribution in [0.5, 0.6) is 5.75 Å². The molecule has 0 spiro atoms. The van der Waals surface area contributed by atoms with E-state index in [1.54, 1.807) is 25.3 Å². The summed E-state index contributed by atoms with van der Waals surface area (Å²) in [5, 5.41) is 0.526. The predicted molar refractivity (Wildman–Crippen MR) is 103 cm³/mol. The van der Waals surface area contributed by atoms with Crippen molar-refractivity contribution in [2.24, 2.45) is 0 Å². The lowest BCUT2D eigenvalue weighted by molar-refractivity contribution is 0.0787. The van der Waals surface area contributed by atoms with Crippen molar-refractivity contribution in [3.8, 4) is 5.75 Å². The Hall–Kier alpha value is -2.18. The van der Waals surface area contributed by atoms with Crippen LogP contribution in [0.25, 0.3) is 0 Å². The maximum absolute atomic E-state index is 13.0. The molecule has 0 bridgehead atoms. The van der Waals surface area contributed by atoms with Gasteiger partial charge in [-0.05, 0) is 31.7 Å². The third-order valence-corrected chi connectivity index (χ3v) is 5.61. The molecule has 1 amide bonds. The van der Waals surface area contributed by atoms with Gasteiger partial charge in [-0.25, -0.2) is 9.97 Å². The van der Waals surface area contributed by atoms with Crippen molar-refractivity contribution in [3.05, 3.63) is 52.1 Å². The molecule has 7 heteroatoms. The van der Waals surface area contributed by atoms with Crippen molar-refractivity contribution in [3.63, 3.8) is 0 Å². The summed E-state index contributed by atoms with van der Waals surface area (Å²) in [6.45, 7) is 3.22. The monoisotopic (exact) mass is 386 g/mol. The number of hydrogen-bond donors (Lipinski definition) is 0. The third-order valence-electron chi connectivity index (χ3n) is 5.38. The standard InChI is InChI=1S/C20H23ClN4O2/c1-24-7-6-17-14(11-24)10-22-19(23-17)13-5-8-25(12-13)20(26)16-9-15(21)3-4-18(16)27-2/h3-4,9-10,13H,5-8,11-12H2,1-2H3. The minimum atomic E-state index is -0.0589. The molecule has 1 atom stereocenters. The van der Waals surface area contributed by atoms with E-state index < -0.39 is 0 Å². The van der Waals surface area contributed by atoms with Crippen molar-refractivity contribution < 1.29 is 9.53 Å². The Morgan fingerprint density at radius 2 is 2.19 bits per heavy atom. The molecular weight excluding hydrogens is 364 g/mol. The molecule has 6 nitrogen and oxygen atoms in total. The number of halogens is 1. The summed E-state index contributed by atoms with van der Waals surface area (Å²) in [7, 11) is 3.67. The highest BCUT2D eigenvalue weighted by molar-refractivity contribution is 6.31. The molecule has 1 saturated heterocycles. The van der Waals surface area contributed by atoms with Crippen LogP contribution in [0.15, 0.2) is 24.4 Å². The number of nitrogens with zero attached hydrogens (tertiary/aromatic N) is 4. The Morgan fingerprint density at radius 1 is 1.33 bits per heavy atom. The Bertz CT molecular complexity index is 873. The number of rotatable bonds is 3. The number of benzene rings is 1. The lowest BCUT2D eigenvalue weighted by atomic mass is 10.1. The molecule has 142 valence electrons. The van der Waals surface area contributed by atoms with Gasteiger partial charge < -0.3 is 14.5 Å². The molecule has 4 rings (SSSR count). The van der Waals surface area contributed by atoms with Crippen LogP contribution in [0.1, 0.15) is 39.8 Å². The van der Waals surface area contributed by atoms with Gasteiger partial charge in [0.2, 0.25) is 0 Å². The van der Waals surface area contributed by atoms with Crippen LogP contribution in [0.4, 0.5) is 0 Å². The number of likely N-dealkylation sites (N-methyl/N-ethyl adjacent to an activating group) is 1. The maximum Gasteiger partial charge on any atom is 0.257 e. The van der Waals surface area contributed by atoms with E-state index in [0.29, 0.717) is 29.4 Å². The largest absolute Gasteiger partial charge is 0.496 e. The fraction of sp³-hybridized carbons (Fsp3) is 0.450. The number of fused-ring (bicyclic) bond motifs is 1. The lowest BCUT2D eigenvalue weighted by Gasteiger charge is -2.24. The van der Waals surface area contributed by atoms with Crippen molar-refractivity contribution in [2.45, 2.75) is 25.3 Å². The zero-order valence-electron chi connectivity index (χ0n) is 15.6. The van der Waals surface area contributed by atoms with Gasteiger partial charge in [0.15, 0.2) is 0 Å². The second-order valence-electron chi connectivity index (χ2n) is 7.27. The van der Waals surface area contributed by atoms with Gasteiger partial charge in [-0.1, -0.05) is 11.6 Å². The number of likely N-dealkylation sites (tertiary alicyclic amines) is 1. The normalized spacial score (nSPS) is 19.8. The Kier molecular flexibility index (Phi) is 5.02. The van der Waals surface area contributed by atoms with Crippen molar-refractivity contribution >= 4 is 17.5 Å². The molecule has 1 unspecified atom stereocenters. The minimum absolute atomic E-state index is 0.0589. The first-order valence-corrected chi connectivity index (χ1v) is 9.59. The Labute approximate surface area is 164 Å². The van der Waals surface area contributed by atoms with Gasteiger partial charge in [0.05, 0.1) is 12.7 Å². The highest BCUT2D eigenvalue weighted by atomic mass is 35.5. The summed E-state index contributed by atoms with van der Waals surface area (Å²) in [4.78, 5) is 26.5. The van der Waals surface area contributed by atoms with E-state index in [9.17, 15) is 4.79 Å². The number of carbonyl (C=O) groups is 1. The molecule has 1 aromatic heterocycles. The van der Waals surface area contributed by atoms with Gasteiger partial charge in [-0.3, -0.25) is 4.79 Å². The van der Waals surface area contributed by atoms with Crippen molar-refractivity contribution in [1.29, 1.82) is 0 Å². The van der Waals surface area contributed by atoms with Gasteiger partial charge in [0, 0.05) is 61.0 Å². The average molecular weight is 387 g/mol. The summed E-state index contributed by atoms with van der Waals surface area (Å²) in [5.41, 5.74) is 2.86. The van der Waals surface area contributed by atoms with Gasteiger partial charge >= 0.3 is 0 Å². The highest BCUT2D eigenvalue weighted by Crippen LogP contribution is 2.30. The maximum atomic E-state index is 13.0. The van der Waals surface area contributed by atoms with Crippen LogP contribution >= 0.6 is 11.6 Å². The smallest absolute Gasteiger partial charge is 0.257 e. The molecule has 0 saturated carbocycles. The molecule has 3 heterocycles. The lowest BCUT2D eigenvalue weighted by Crippen LogP contribution is -2.30. The summed E-state index contributed by atoms with van der Waals surface area (Å²) >= 11 is 6.08. The highest BCUT2D eigenvalue weighted by Gasteiger charge is 2.31. The molecule has 1 fully saturated rings. The van der Waals surface area contributed by atoms with E-state index in [1.807, 2.05) is 11.1 Å². The zero-order chi connectivity index (χ0) is 19.0. The number of aromatic nitrogens is 2. The molecule has 0 N–H and O–H groups in total. The number of hydrogen-bond acceptors (Lipinski definition) is 5. The predicted octanol–water partition coefficient (Wildman–Crippen LogP) is 2.76. The van der Waals surface area contributed by atoms with Gasteiger partial charge in [0.1, 0.15) is 11.6 Å². The van der Waals surface area contributed by atoms with E-state index in [2.05, 4.69) is 16.9 Å². The van der Waals surface area contributed by atoms with Crippen molar-refractivity contribution in [2.75, 3.05) is 33.8 Å². The quantitative estimate of drug-likeness (QED) is 0.811. The molecule has 2 aliphatic heterocycles. The summed E-state index contributed by atoms with van der Waals surface area (Å²) in [5.74, 6) is 1.51. The first-order valence-electron chi connectivity index (χ1n) is 9.21. The van der Waals surface area contributed by atoms with Crippen LogP contribution in [-0.2, 0) is 13.0 Å². The molecule has 2 aliphatic rings. The Balaban J connectivity index is 1.51. The van der Waals surface area contributed by atoms with Crippen LogP contribution in [-0.4, -0.2) is 59.5 Å². The fourth-order valence-electron chi connectivity index (χ4n) is 3.84. The second kappa shape index (κ2) is 7.44. The molecule has 27 heavy (non-hydrogen) atoms. The van der Waals surface area contributed by atoms with Crippen LogP contribution in [0.2, 0.25) is 5.02 Å². The van der Waals surface area contributed by atoms with Gasteiger partial charge in [-0.15, -0.1) is 0 Å². The SMILES string of the molecule is COc1ccc(Cl)cc1C(=O)N1CCC(c2ncc3c(n2)CCN(C)C3)C1. The minimum Gasteiger partial charge on any atom is -0.496 e. The molecule has 0 radical (unpaired) electrons. The topological polar surface area (TPSA) is 58.6 Å². The number of carbonyl (C=O) groups excluding carboxylic acids is 1. The van der Waals surface area contributed by atoms with Crippen LogP contribution in [0, 0.1) is 0 Å². The summed E-state index contributed by atoms with van der Waals surface area (Å²) in [6, 6.07) is 5.12. The van der Waals surface area contributed by atoms with E-state index in [-0.39, 0.29) is 11.8 Å². The third kappa shape index (κ3) is 3.64.